The van der Waals surface area contributed by atoms with Crippen molar-refractivity contribution in [2.45, 2.75) is 47.0 Å². The Morgan fingerprint density at radius 2 is 2.21 bits per heavy atom. The molecule has 2 atom stereocenters. The third-order valence-corrected chi connectivity index (χ3v) is 3.49. The predicted molar refractivity (Wildman–Crippen MR) is 56.9 cm³/mol. The Morgan fingerprint density at radius 1 is 1.57 bits per heavy atom. The Balaban J connectivity index is 2.57. The molecular weight excluding hydrogens is 176 g/mol. The molecule has 2 nitrogen and oxygen atoms in total. The summed E-state index contributed by atoms with van der Waals surface area (Å²) in [6.45, 7) is 8.90. The lowest BCUT2D eigenvalue weighted by molar-refractivity contribution is -0.154. The van der Waals surface area contributed by atoms with Crippen molar-refractivity contribution in [2.75, 3.05) is 6.61 Å². The summed E-state index contributed by atoms with van der Waals surface area (Å²) in [5.41, 5.74) is -0.203. The third kappa shape index (κ3) is 2.28. The lowest BCUT2D eigenvalue weighted by Crippen LogP contribution is -2.27. The maximum atomic E-state index is 11.7. The average Bonchev–Trinajstić information content (AvgIpc) is 2.50. The van der Waals surface area contributed by atoms with Crippen LogP contribution in [0.4, 0.5) is 0 Å². The molecule has 2 unspecified atom stereocenters. The van der Waals surface area contributed by atoms with E-state index in [0.717, 1.165) is 12.8 Å². The number of hydrogen-bond donors (Lipinski definition) is 0. The van der Waals surface area contributed by atoms with Crippen molar-refractivity contribution >= 4 is 5.97 Å². The summed E-state index contributed by atoms with van der Waals surface area (Å²) in [5.74, 6) is 1.39. The zero-order valence-electron chi connectivity index (χ0n) is 9.80. The number of carbonyl (C=O) groups is 1. The largest absolute Gasteiger partial charge is 0.466 e. The van der Waals surface area contributed by atoms with Crippen LogP contribution in [0.1, 0.15) is 47.0 Å². The molecule has 1 rings (SSSR count). The van der Waals surface area contributed by atoms with Crippen LogP contribution in [0.3, 0.4) is 0 Å². The van der Waals surface area contributed by atoms with Gasteiger partial charge in [0.2, 0.25) is 0 Å². The molecule has 1 aliphatic carbocycles. The van der Waals surface area contributed by atoms with Crippen molar-refractivity contribution in [3.8, 4) is 0 Å². The molecule has 1 saturated carbocycles. The molecule has 0 bridgehead atoms. The SMILES string of the molecule is CCOC(=O)C1(C)CCC(C(C)C)C1. The molecule has 14 heavy (non-hydrogen) atoms. The summed E-state index contributed by atoms with van der Waals surface area (Å²) in [6, 6.07) is 0. The maximum absolute atomic E-state index is 11.7. The van der Waals surface area contributed by atoms with Crippen molar-refractivity contribution in [3.05, 3.63) is 0 Å². The number of carbonyl (C=O) groups excluding carboxylic acids is 1. The van der Waals surface area contributed by atoms with Crippen molar-refractivity contribution in [2.24, 2.45) is 17.3 Å². The van der Waals surface area contributed by atoms with E-state index in [2.05, 4.69) is 13.8 Å². The molecule has 1 fully saturated rings. The lowest BCUT2D eigenvalue weighted by atomic mass is 9.85. The Morgan fingerprint density at radius 3 is 2.64 bits per heavy atom. The van der Waals surface area contributed by atoms with E-state index in [1.807, 2.05) is 13.8 Å². The lowest BCUT2D eigenvalue weighted by Gasteiger charge is -2.22. The van der Waals surface area contributed by atoms with E-state index in [0.29, 0.717) is 18.4 Å². The summed E-state index contributed by atoms with van der Waals surface area (Å²) < 4.78 is 5.12. The summed E-state index contributed by atoms with van der Waals surface area (Å²) >= 11 is 0. The van der Waals surface area contributed by atoms with Gasteiger partial charge in [-0.3, -0.25) is 4.79 Å². The molecule has 0 heterocycles. The highest BCUT2D eigenvalue weighted by molar-refractivity contribution is 5.76. The minimum atomic E-state index is -0.203. The van der Waals surface area contributed by atoms with Gasteiger partial charge in [-0.05, 0) is 44.9 Å². The van der Waals surface area contributed by atoms with Crippen LogP contribution in [-0.4, -0.2) is 12.6 Å². The van der Waals surface area contributed by atoms with E-state index >= 15 is 0 Å². The van der Waals surface area contributed by atoms with Crippen molar-refractivity contribution in [1.82, 2.24) is 0 Å². The summed E-state index contributed by atoms with van der Waals surface area (Å²) in [7, 11) is 0. The number of hydrogen-bond acceptors (Lipinski definition) is 2. The number of rotatable bonds is 3. The molecule has 0 aromatic carbocycles. The molecule has 1 aliphatic rings. The number of esters is 1. The monoisotopic (exact) mass is 198 g/mol. The normalized spacial score (nSPS) is 32.2. The summed E-state index contributed by atoms with van der Waals surface area (Å²) in [5, 5.41) is 0. The minimum Gasteiger partial charge on any atom is -0.466 e. The highest BCUT2D eigenvalue weighted by Gasteiger charge is 2.42. The van der Waals surface area contributed by atoms with Gasteiger partial charge in [0, 0.05) is 0 Å². The van der Waals surface area contributed by atoms with Crippen LogP contribution in [0.2, 0.25) is 0 Å². The van der Waals surface area contributed by atoms with E-state index in [1.165, 1.54) is 6.42 Å². The molecule has 0 N–H and O–H groups in total. The molecule has 0 saturated heterocycles. The van der Waals surface area contributed by atoms with Gasteiger partial charge in [0.15, 0.2) is 0 Å². The minimum absolute atomic E-state index is 0.00292. The van der Waals surface area contributed by atoms with Crippen molar-refractivity contribution in [3.63, 3.8) is 0 Å². The Kier molecular flexibility index (Phi) is 3.57. The van der Waals surface area contributed by atoms with E-state index in [4.69, 9.17) is 4.74 Å². The topological polar surface area (TPSA) is 26.3 Å². The first-order valence-corrected chi connectivity index (χ1v) is 5.67. The van der Waals surface area contributed by atoms with Crippen LogP contribution in [0, 0.1) is 17.3 Å². The van der Waals surface area contributed by atoms with E-state index in [-0.39, 0.29) is 11.4 Å². The molecule has 0 amide bonds. The molecule has 0 spiro atoms. The highest BCUT2D eigenvalue weighted by Crippen LogP contribution is 2.45. The van der Waals surface area contributed by atoms with Gasteiger partial charge in [0.25, 0.3) is 0 Å². The fourth-order valence-corrected chi connectivity index (χ4v) is 2.35. The first-order valence-electron chi connectivity index (χ1n) is 5.67. The summed E-state index contributed by atoms with van der Waals surface area (Å²) in [4.78, 5) is 11.7. The van der Waals surface area contributed by atoms with Crippen LogP contribution in [0.15, 0.2) is 0 Å². The van der Waals surface area contributed by atoms with Crippen molar-refractivity contribution < 1.29 is 9.53 Å². The first-order chi connectivity index (χ1) is 6.49. The van der Waals surface area contributed by atoms with E-state index in [9.17, 15) is 4.79 Å². The number of ether oxygens (including phenoxy) is 1. The fourth-order valence-electron chi connectivity index (χ4n) is 2.35. The van der Waals surface area contributed by atoms with Crippen LogP contribution < -0.4 is 0 Å². The molecule has 2 heteroatoms. The van der Waals surface area contributed by atoms with Crippen LogP contribution in [-0.2, 0) is 9.53 Å². The second-order valence-electron chi connectivity index (χ2n) is 5.03. The zero-order chi connectivity index (χ0) is 10.8. The van der Waals surface area contributed by atoms with Gasteiger partial charge in [-0.15, -0.1) is 0 Å². The Hall–Kier alpha value is -0.530. The fraction of sp³-hybridized carbons (Fsp3) is 0.917. The van der Waals surface area contributed by atoms with Crippen LogP contribution in [0.5, 0.6) is 0 Å². The zero-order valence-corrected chi connectivity index (χ0v) is 9.80. The average molecular weight is 198 g/mol. The van der Waals surface area contributed by atoms with Gasteiger partial charge in [-0.2, -0.15) is 0 Å². The Bertz CT molecular complexity index is 210. The van der Waals surface area contributed by atoms with Gasteiger partial charge in [-0.25, -0.2) is 0 Å². The van der Waals surface area contributed by atoms with Crippen LogP contribution in [0.25, 0.3) is 0 Å². The molecule has 0 aromatic rings. The van der Waals surface area contributed by atoms with Crippen molar-refractivity contribution in [1.29, 1.82) is 0 Å². The molecule has 0 aliphatic heterocycles. The summed E-state index contributed by atoms with van der Waals surface area (Å²) in [6.07, 6.45) is 3.17. The molecule has 0 radical (unpaired) electrons. The van der Waals surface area contributed by atoms with E-state index < -0.39 is 0 Å². The highest BCUT2D eigenvalue weighted by atomic mass is 16.5. The van der Waals surface area contributed by atoms with Gasteiger partial charge >= 0.3 is 5.97 Å². The second-order valence-corrected chi connectivity index (χ2v) is 5.03. The second kappa shape index (κ2) is 4.33. The third-order valence-electron chi connectivity index (χ3n) is 3.49. The van der Waals surface area contributed by atoms with Gasteiger partial charge < -0.3 is 4.74 Å². The predicted octanol–water partition coefficient (Wildman–Crippen LogP) is 3.01. The van der Waals surface area contributed by atoms with Crippen LogP contribution >= 0.6 is 0 Å². The van der Waals surface area contributed by atoms with Gasteiger partial charge in [-0.1, -0.05) is 13.8 Å². The smallest absolute Gasteiger partial charge is 0.311 e. The van der Waals surface area contributed by atoms with E-state index in [1.54, 1.807) is 0 Å². The van der Waals surface area contributed by atoms with Gasteiger partial charge in [0.1, 0.15) is 0 Å². The molecule has 82 valence electrons. The quantitative estimate of drug-likeness (QED) is 0.652. The Labute approximate surface area is 87.0 Å². The first kappa shape index (κ1) is 11.5. The molecular formula is C12H22O2. The standard InChI is InChI=1S/C12H22O2/c1-5-14-11(13)12(4)7-6-10(8-12)9(2)3/h9-10H,5-8H2,1-4H3. The maximum Gasteiger partial charge on any atom is 0.311 e. The van der Waals surface area contributed by atoms with Gasteiger partial charge in [0.05, 0.1) is 12.0 Å². The molecule has 0 aromatic heterocycles.